The maximum absolute atomic E-state index is 10.5. The summed E-state index contributed by atoms with van der Waals surface area (Å²) in [5.41, 5.74) is 0.980. The fraction of sp³-hybridized carbons (Fsp3) is 0.364. The molecule has 2 nitrogen and oxygen atoms in total. The number of carbonyl (C=O) groups excluding carboxylic acids is 1. The lowest BCUT2D eigenvalue weighted by molar-refractivity contribution is -0.136. The van der Waals surface area contributed by atoms with Crippen LogP contribution in [0.2, 0.25) is 0 Å². The van der Waals surface area contributed by atoms with E-state index in [2.05, 4.69) is 13.2 Å². The Kier molecular flexibility index (Phi) is 4.82. The highest BCUT2D eigenvalue weighted by atomic mass is 16.5. The smallest absolute Gasteiger partial charge is 0.308 e. The van der Waals surface area contributed by atoms with Gasteiger partial charge in [-0.2, -0.15) is 0 Å². The number of ether oxygens (including phenoxy) is 1. The van der Waals surface area contributed by atoms with Crippen molar-refractivity contribution in [3.63, 3.8) is 0 Å². The predicted molar refractivity (Wildman–Crippen MR) is 54.0 cm³/mol. The van der Waals surface area contributed by atoms with Crippen LogP contribution in [0.5, 0.6) is 0 Å². The normalized spacial score (nSPS) is 10.5. The zero-order chi connectivity index (χ0) is 10.4. The fourth-order valence-corrected chi connectivity index (χ4v) is 0.611. The van der Waals surface area contributed by atoms with Gasteiger partial charge in [-0.05, 0) is 12.0 Å². The molecule has 0 aliphatic rings. The number of allylic oxidation sites excluding steroid dienone is 3. The number of rotatable bonds is 4. The summed E-state index contributed by atoms with van der Waals surface area (Å²) in [6.07, 6.45) is 3.44. The SMILES string of the molecule is C=C(/C=C\C(=C)C(C)C)OC(C)=O. The predicted octanol–water partition coefficient (Wildman–Crippen LogP) is 2.83. The molecular formula is C11H16O2. The van der Waals surface area contributed by atoms with Crippen molar-refractivity contribution in [2.75, 3.05) is 0 Å². The first kappa shape index (κ1) is 11.7. The molecular weight excluding hydrogens is 164 g/mol. The Morgan fingerprint density at radius 1 is 1.31 bits per heavy atom. The molecule has 0 radical (unpaired) electrons. The number of carbonyl (C=O) groups is 1. The van der Waals surface area contributed by atoms with Crippen molar-refractivity contribution in [2.45, 2.75) is 20.8 Å². The zero-order valence-electron chi connectivity index (χ0n) is 8.46. The molecule has 0 saturated carbocycles. The molecule has 2 heteroatoms. The molecule has 0 bridgehead atoms. The third kappa shape index (κ3) is 5.91. The largest absolute Gasteiger partial charge is 0.427 e. The van der Waals surface area contributed by atoms with Gasteiger partial charge in [0.05, 0.1) is 0 Å². The summed E-state index contributed by atoms with van der Waals surface area (Å²) in [6.45, 7) is 12.8. The van der Waals surface area contributed by atoms with Crippen LogP contribution < -0.4 is 0 Å². The van der Waals surface area contributed by atoms with Gasteiger partial charge in [-0.1, -0.05) is 38.7 Å². The summed E-state index contributed by atoms with van der Waals surface area (Å²) in [4.78, 5) is 10.5. The Labute approximate surface area is 79.6 Å². The maximum atomic E-state index is 10.5. The fourth-order valence-electron chi connectivity index (χ4n) is 0.611. The van der Waals surface area contributed by atoms with Crippen LogP contribution in [0.15, 0.2) is 36.6 Å². The Bertz CT molecular complexity index is 247. The lowest BCUT2D eigenvalue weighted by atomic mass is 10.1. The van der Waals surface area contributed by atoms with E-state index in [1.165, 1.54) is 6.92 Å². The highest BCUT2D eigenvalue weighted by Gasteiger charge is 1.97. The third-order valence-electron chi connectivity index (χ3n) is 1.50. The Morgan fingerprint density at radius 2 is 1.85 bits per heavy atom. The molecule has 0 fully saturated rings. The van der Waals surface area contributed by atoms with Crippen LogP contribution in [-0.2, 0) is 9.53 Å². The minimum Gasteiger partial charge on any atom is -0.427 e. The second-order valence-corrected chi connectivity index (χ2v) is 3.12. The zero-order valence-corrected chi connectivity index (χ0v) is 8.46. The van der Waals surface area contributed by atoms with Crippen molar-refractivity contribution >= 4 is 5.97 Å². The van der Waals surface area contributed by atoms with E-state index in [-0.39, 0.29) is 5.97 Å². The summed E-state index contributed by atoms with van der Waals surface area (Å²) in [5, 5.41) is 0. The molecule has 0 N–H and O–H groups in total. The highest BCUT2D eigenvalue weighted by molar-refractivity contribution is 5.67. The Hall–Kier alpha value is -1.31. The van der Waals surface area contributed by atoms with E-state index < -0.39 is 0 Å². The summed E-state index contributed by atoms with van der Waals surface area (Å²) in [6, 6.07) is 0. The van der Waals surface area contributed by atoms with Crippen LogP contribution in [0.3, 0.4) is 0 Å². The lowest BCUT2D eigenvalue weighted by Crippen LogP contribution is -1.95. The van der Waals surface area contributed by atoms with Gasteiger partial charge in [-0.15, -0.1) is 0 Å². The number of esters is 1. The van der Waals surface area contributed by atoms with Crippen LogP contribution in [0.1, 0.15) is 20.8 Å². The second-order valence-electron chi connectivity index (χ2n) is 3.12. The molecule has 0 unspecified atom stereocenters. The molecule has 0 amide bonds. The van der Waals surface area contributed by atoms with Gasteiger partial charge in [0, 0.05) is 6.92 Å². The van der Waals surface area contributed by atoms with E-state index in [1.54, 1.807) is 12.2 Å². The lowest BCUT2D eigenvalue weighted by Gasteiger charge is -2.03. The molecule has 72 valence electrons. The molecule has 0 atom stereocenters. The monoisotopic (exact) mass is 180 g/mol. The average molecular weight is 180 g/mol. The minimum absolute atomic E-state index is 0.342. The summed E-state index contributed by atoms with van der Waals surface area (Å²) in [5.74, 6) is 0.375. The van der Waals surface area contributed by atoms with Crippen LogP contribution in [0.4, 0.5) is 0 Å². The van der Waals surface area contributed by atoms with E-state index in [9.17, 15) is 4.79 Å². The van der Waals surface area contributed by atoms with Crippen molar-refractivity contribution in [3.05, 3.63) is 36.6 Å². The molecule has 0 saturated heterocycles. The highest BCUT2D eigenvalue weighted by Crippen LogP contribution is 2.09. The summed E-state index contributed by atoms with van der Waals surface area (Å²) >= 11 is 0. The first-order valence-corrected chi connectivity index (χ1v) is 4.17. The van der Waals surface area contributed by atoms with Crippen molar-refractivity contribution in [2.24, 2.45) is 5.92 Å². The van der Waals surface area contributed by atoms with Crippen LogP contribution in [-0.4, -0.2) is 5.97 Å². The molecule has 0 aromatic rings. The summed E-state index contributed by atoms with van der Waals surface area (Å²) < 4.78 is 4.72. The van der Waals surface area contributed by atoms with Gasteiger partial charge in [0.15, 0.2) is 0 Å². The average Bonchev–Trinajstić information content (AvgIpc) is 1.98. The van der Waals surface area contributed by atoms with Gasteiger partial charge in [-0.3, -0.25) is 4.79 Å². The van der Waals surface area contributed by atoms with E-state index in [1.807, 2.05) is 13.8 Å². The number of hydrogen-bond acceptors (Lipinski definition) is 2. The molecule has 0 spiro atoms. The van der Waals surface area contributed by atoms with Gasteiger partial charge in [-0.25, -0.2) is 0 Å². The standard InChI is InChI=1S/C11H16O2/c1-8(2)9(3)6-7-10(4)13-11(5)12/h6-8H,3-4H2,1-2,5H3/b7-6-. The minimum atomic E-state index is -0.357. The van der Waals surface area contributed by atoms with Crippen LogP contribution in [0, 0.1) is 5.92 Å². The van der Waals surface area contributed by atoms with Crippen molar-refractivity contribution < 1.29 is 9.53 Å². The molecule has 0 aliphatic heterocycles. The Balaban J connectivity index is 4.05. The first-order valence-electron chi connectivity index (χ1n) is 4.17. The summed E-state index contributed by atoms with van der Waals surface area (Å²) in [7, 11) is 0. The second kappa shape index (κ2) is 5.36. The topological polar surface area (TPSA) is 26.3 Å². The van der Waals surface area contributed by atoms with E-state index in [0.29, 0.717) is 11.7 Å². The first-order chi connectivity index (χ1) is 5.93. The van der Waals surface area contributed by atoms with Crippen molar-refractivity contribution in [1.29, 1.82) is 0 Å². The van der Waals surface area contributed by atoms with Gasteiger partial charge in [0.25, 0.3) is 0 Å². The third-order valence-corrected chi connectivity index (χ3v) is 1.50. The van der Waals surface area contributed by atoms with Crippen molar-refractivity contribution in [1.82, 2.24) is 0 Å². The van der Waals surface area contributed by atoms with E-state index in [4.69, 9.17) is 4.74 Å². The Morgan fingerprint density at radius 3 is 2.23 bits per heavy atom. The van der Waals surface area contributed by atoms with Gasteiger partial charge in [0.2, 0.25) is 0 Å². The van der Waals surface area contributed by atoms with E-state index in [0.717, 1.165) is 5.57 Å². The molecule has 0 aliphatic carbocycles. The quantitative estimate of drug-likeness (QED) is 0.378. The molecule has 13 heavy (non-hydrogen) atoms. The van der Waals surface area contributed by atoms with Gasteiger partial charge >= 0.3 is 5.97 Å². The molecule has 0 heterocycles. The maximum Gasteiger partial charge on any atom is 0.308 e. The number of hydrogen-bond donors (Lipinski definition) is 0. The van der Waals surface area contributed by atoms with Gasteiger partial charge in [0.1, 0.15) is 5.76 Å². The van der Waals surface area contributed by atoms with Crippen molar-refractivity contribution in [3.8, 4) is 0 Å². The van der Waals surface area contributed by atoms with Crippen LogP contribution >= 0.6 is 0 Å². The molecule has 0 aromatic carbocycles. The van der Waals surface area contributed by atoms with E-state index >= 15 is 0 Å². The van der Waals surface area contributed by atoms with Crippen LogP contribution in [0.25, 0.3) is 0 Å². The van der Waals surface area contributed by atoms with Gasteiger partial charge < -0.3 is 4.74 Å². The molecule has 0 aromatic heterocycles. The molecule has 0 rings (SSSR count).